The number of amides is 1. The van der Waals surface area contributed by atoms with Gasteiger partial charge in [0.05, 0.1) is 19.9 Å². The van der Waals surface area contributed by atoms with E-state index in [1.54, 1.807) is 19.4 Å². The summed E-state index contributed by atoms with van der Waals surface area (Å²) in [5.41, 5.74) is 2.38. The molecule has 1 heterocycles. The number of ether oxygens (including phenoxy) is 1. The predicted octanol–water partition coefficient (Wildman–Crippen LogP) is 4.15. The number of hydrogen-bond acceptors (Lipinski definition) is 3. The molecule has 25 heavy (non-hydrogen) atoms. The Balaban J connectivity index is 1.86. The molecule has 126 valence electrons. The molecule has 0 bridgehead atoms. The summed E-state index contributed by atoms with van der Waals surface area (Å²) in [7, 11) is 1.63. The van der Waals surface area contributed by atoms with E-state index in [0.717, 1.165) is 16.9 Å². The molecule has 0 unspecified atom stereocenters. The predicted molar refractivity (Wildman–Crippen MR) is 97.9 cm³/mol. The highest BCUT2D eigenvalue weighted by Gasteiger charge is 2.12. The zero-order valence-electron chi connectivity index (χ0n) is 13.9. The highest BCUT2D eigenvalue weighted by molar-refractivity contribution is 6.24. The van der Waals surface area contributed by atoms with Gasteiger partial charge in [0.15, 0.2) is 0 Å². The summed E-state index contributed by atoms with van der Waals surface area (Å²) in [4.78, 5) is 12.7. The fourth-order valence-corrected chi connectivity index (χ4v) is 2.44. The Morgan fingerprint density at radius 1 is 1.04 bits per heavy atom. The Kier molecular flexibility index (Phi) is 5.32. The van der Waals surface area contributed by atoms with E-state index in [9.17, 15) is 4.79 Å². The molecule has 3 rings (SSSR count). The van der Waals surface area contributed by atoms with Crippen molar-refractivity contribution in [1.29, 1.82) is 0 Å². The van der Waals surface area contributed by atoms with Crippen LogP contribution in [0.3, 0.4) is 0 Å². The molecule has 0 saturated carbocycles. The van der Waals surface area contributed by atoms with Crippen LogP contribution >= 0.6 is 0 Å². The second-order valence-corrected chi connectivity index (χ2v) is 5.46. The fraction of sp³-hybridized carbons (Fsp3) is 0.0952. The largest absolute Gasteiger partial charge is 0.497 e. The van der Waals surface area contributed by atoms with Gasteiger partial charge >= 0.3 is 0 Å². The van der Waals surface area contributed by atoms with Gasteiger partial charge < -0.3 is 14.5 Å². The standard InChI is InChI=1S/C21H19NO3/c1-24-18-11-9-16(10-12-18)14-20(17-6-3-2-4-7-17)21(23)22-15-19-8-5-13-25-19/h2-14H,15H2,1H3,(H,22,23)/b20-14-. The number of carbonyl (C=O) groups is 1. The average molecular weight is 333 g/mol. The molecule has 4 heteroatoms. The van der Waals surface area contributed by atoms with E-state index in [2.05, 4.69) is 5.32 Å². The molecule has 0 aliphatic heterocycles. The van der Waals surface area contributed by atoms with Crippen LogP contribution in [0.5, 0.6) is 5.75 Å². The third-order valence-corrected chi connectivity index (χ3v) is 3.76. The minimum absolute atomic E-state index is 0.154. The van der Waals surface area contributed by atoms with E-state index in [0.29, 0.717) is 17.9 Å². The van der Waals surface area contributed by atoms with Crippen LogP contribution in [0.25, 0.3) is 11.6 Å². The first-order valence-corrected chi connectivity index (χ1v) is 7.98. The Hall–Kier alpha value is -3.27. The van der Waals surface area contributed by atoms with Gasteiger partial charge in [-0.05, 0) is 41.5 Å². The number of hydrogen-bond donors (Lipinski definition) is 1. The average Bonchev–Trinajstić information content (AvgIpc) is 3.19. The first-order chi connectivity index (χ1) is 12.3. The maximum absolute atomic E-state index is 12.7. The molecular formula is C21H19NO3. The summed E-state index contributed by atoms with van der Waals surface area (Å²) in [5.74, 6) is 1.34. The maximum Gasteiger partial charge on any atom is 0.252 e. The van der Waals surface area contributed by atoms with E-state index in [1.807, 2.05) is 66.7 Å². The van der Waals surface area contributed by atoms with E-state index < -0.39 is 0 Å². The summed E-state index contributed by atoms with van der Waals surface area (Å²) < 4.78 is 10.4. The molecule has 2 aromatic carbocycles. The number of methoxy groups -OCH3 is 1. The molecule has 0 atom stereocenters. The summed E-state index contributed by atoms with van der Waals surface area (Å²) in [5, 5.41) is 2.90. The second-order valence-electron chi connectivity index (χ2n) is 5.46. The van der Waals surface area contributed by atoms with E-state index in [4.69, 9.17) is 9.15 Å². The third-order valence-electron chi connectivity index (χ3n) is 3.76. The number of rotatable bonds is 6. The van der Waals surface area contributed by atoms with Crippen LogP contribution < -0.4 is 10.1 Å². The SMILES string of the molecule is COc1ccc(/C=C(\C(=O)NCc2ccco2)c2ccccc2)cc1. The molecule has 0 aliphatic carbocycles. The lowest BCUT2D eigenvalue weighted by Crippen LogP contribution is -2.23. The van der Waals surface area contributed by atoms with Crippen molar-refractivity contribution < 1.29 is 13.9 Å². The molecule has 1 aromatic heterocycles. The summed E-state index contributed by atoms with van der Waals surface area (Å²) in [6, 6.07) is 20.8. The van der Waals surface area contributed by atoms with Gasteiger partial charge in [0.25, 0.3) is 5.91 Å². The molecule has 0 spiro atoms. The van der Waals surface area contributed by atoms with Crippen molar-refractivity contribution >= 4 is 17.6 Å². The highest BCUT2D eigenvalue weighted by Crippen LogP contribution is 2.20. The Morgan fingerprint density at radius 3 is 2.44 bits per heavy atom. The minimum atomic E-state index is -0.154. The van der Waals surface area contributed by atoms with Crippen LogP contribution in [0.2, 0.25) is 0 Å². The van der Waals surface area contributed by atoms with Crippen LogP contribution in [-0.2, 0) is 11.3 Å². The number of carbonyl (C=O) groups excluding carboxylic acids is 1. The fourth-order valence-electron chi connectivity index (χ4n) is 2.44. The van der Waals surface area contributed by atoms with Crippen LogP contribution in [-0.4, -0.2) is 13.0 Å². The van der Waals surface area contributed by atoms with Gasteiger partial charge in [0.2, 0.25) is 0 Å². The van der Waals surface area contributed by atoms with Gasteiger partial charge in [-0.15, -0.1) is 0 Å². The molecule has 0 saturated heterocycles. The molecule has 0 radical (unpaired) electrons. The maximum atomic E-state index is 12.7. The Labute approximate surface area is 146 Å². The number of nitrogens with one attached hydrogen (secondary N) is 1. The number of furan rings is 1. The molecule has 4 nitrogen and oxygen atoms in total. The lowest BCUT2D eigenvalue weighted by molar-refractivity contribution is -0.115. The van der Waals surface area contributed by atoms with Crippen molar-refractivity contribution in [3.8, 4) is 5.75 Å². The van der Waals surface area contributed by atoms with E-state index in [1.165, 1.54) is 0 Å². The molecule has 0 fully saturated rings. The van der Waals surface area contributed by atoms with Gasteiger partial charge in [-0.2, -0.15) is 0 Å². The smallest absolute Gasteiger partial charge is 0.252 e. The third kappa shape index (κ3) is 4.38. The van der Waals surface area contributed by atoms with Crippen LogP contribution in [0.1, 0.15) is 16.9 Å². The van der Waals surface area contributed by atoms with Crippen molar-refractivity contribution in [2.24, 2.45) is 0 Å². The topological polar surface area (TPSA) is 51.5 Å². The van der Waals surface area contributed by atoms with Crippen LogP contribution in [0.4, 0.5) is 0 Å². The Bertz CT molecular complexity index is 835. The number of benzene rings is 2. The minimum Gasteiger partial charge on any atom is -0.497 e. The molecule has 1 amide bonds. The summed E-state index contributed by atoms with van der Waals surface area (Å²) >= 11 is 0. The molecule has 0 aliphatic rings. The van der Waals surface area contributed by atoms with Gasteiger partial charge in [-0.25, -0.2) is 0 Å². The van der Waals surface area contributed by atoms with Crippen LogP contribution in [0.15, 0.2) is 77.4 Å². The monoisotopic (exact) mass is 333 g/mol. The van der Waals surface area contributed by atoms with Crippen LogP contribution in [0, 0.1) is 0 Å². The van der Waals surface area contributed by atoms with Gasteiger partial charge in [-0.1, -0.05) is 42.5 Å². The van der Waals surface area contributed by atoms with E-state index in [-0.39, 0.29) is 5.91 Å². The highest BCUT2D eigenvalue weighted by atomic mass is 16.5. The molecule has 3 aromatic rings. The quantitative estimate of drug-likeness (QED) is 0.545. The summed E-state index contributed by atoms with van der Waals surface area (Å²) in [6.45, 7) is 0.346. The van der Waals surface area contributed by atoms with Gasteiger partial charge in [0, 0.05) is 5.57 Å². The Morgan fingerprint density at radius 2 is 1.80 bits per heavy atom. The lowest BCUT2D eigenvalue weighted by Gasteiger charge is -2.09. The first-order valence-electron chi connectivity index (χ1n) is 7.98. The first kappa shape index (κ1) is 16.6. The van der Waals surface area contributed by atoms with E-state index >= 15 is 0 Å². The van der Waals surface area contributed by atoms with Crippen molar-refractivity contribution in [1.82, 2.24) is 5.32 Å². The van der Waals surface area contributed by atoms with Gasteiger partial charge in [-0.3, -0.25) is 4.79 Å². The van der Waals surface area contributed by atoms with Crippen molar-refractivity contribution in [3.05, 3.63) is 89.9 Å². The zero-order valence-corrected chi connectivity index (χ0v) is 13.9. The second kappa shape index (κ2) is 8.02. The van der Waals surface area contributed by atoms with Gasteiger partial charge in [0.1, 0.15) is 11.5 Å². The zero-order chi connectivity index (χ0) is 17.5. The van der Waals surface area contributed by atoms with Crippen molar-refractivity contribution in [2.45, 2.75) is 6.54 Å². The lowest BCUT2D eigenvalue weighted by atomic mass is 10.0. The normalized spacial score (nSPS) is 11.2. The molecular weight excluding hydrogens is 314 g/mol. The van der Waals surface area contributed by atoms with Crippen molar-refractivity contribution in [2.75, 3.05) is 7.11 Å². The molecule has 1 N–H and O–H groups in total. The summed E-state index contributed by atoms with van der Waals surface area (Å²) in [6.07, 6.45) is 3.46. The van der Waals surface area contributed by atoms with Crippen molar-refractivity contribution in [3.63, 3.8) is 0 Å².